The van der Waals surface area contributed by atoms with Crippen LogP contribution in [0.3, 0.4) is 0 Å². The second kappa shape index (κ2) is 15.7. The Labute approximate surface area is 295 Å². The number of aliphatic hydroxyl groups is 2. The van der Waals surface area contributed by atoms with E-state index in [-0.39, 0.29) is 34.8 Å². The number of aliphatic hydroxyl groups excluding tert-OH is 1. The quantitative estimate of drug-likeness (QED) is 0.0930. The second-order valence-corrected chi connectivity index (χ2v) is 16.1. The highest BCUT2D eigenvalue weighted by molar-refractivity contribution is 5.96. The van der Waals surface area contributed by atoms with Gasteiger partial charge < -0.3 is 19.7 Å². The number of ether oxygens (including phenoxy) is 2. The van der Waals surface area contributed by atoms with E-state index in [2.05, 4.69) is 33.8 Å². The smallest absolute Gasteiger partial charge is 0.302 e. The van der Waals surface area contributed by atoms with Crippen LogP contribution in [-0.2, 0) is 19.1 Å². The predicted octanol–water partition coefficient (Wildman–Crippen LogP) is 9.09. The van der Waals surface area contributed by atoms with Crippen LogP contribution in [0.5, 0.6) is 0 Å². The van der Waals surface area contributed by atoms with E-state index in [0.717, 1.165) is 22.3 Å². The van der Waals surface area contributed by atoms with Gasteiger partial charge in [-0.3, -0.25) is 9.59 Å². The number of hydrogen-bond donors (Lipinski definition) is 2. The van der Waals surface area contributed by atoms with Crippen molar-refractivity contribution in [2.45, 2.75) is 137 Å². The SMILES string of the molecule is CC(=O)O[C@H]1CC(C)(C)C(=CC=CC(C)=CC=CC(C)=CC=CC=C(C)C=CC=C(C)C(=O)C[C@@]23O[C@]2(C)C[C@@H](O)CC3(C)C)[C@](C)(O)C1. The first-order valence-electron chi connectivity index (χ1n) is 17.6. The zero-order valence-electron chi connectivity index (χ0n) is 31.7. The maximum Gasteiger partial charge on any atom is 0.302 e. The molecule has 0 spiro atoms. The van der Waals surface area contributed by atoms with E-state index >= 15 is 0 Å². The van der Waals surface area contributed by atoms with Crippen LogP contribution in [0, 0.1) is 10.8 Å². The van der Waals surface area contributed by atoms with Crippen LogP contribution < -0.4 is 0 Å². The lowest BCUT2D eigenvalue weighted by atomic mass is 9.61. The van der Waals surface area contributed by atoms with E-state index in [1.165, 1.54) is 6.92 Å². The number of fused-ring (bicyclic) bond motifs is 1. The van der Waals surface area contributed by atoms with Crippen molar-refractivity contribution in [1.82, 2.24) is 0 Å². The molecule has 0 amide bonds. The molecule has 2 N–H and O–H groups in total. The predicted molar refractivity (Wildman–Crippen MR) is 200 cm³/mol. The van der Waals surface area contributed by atoms with E-state index in [9.17, 15) is 19.8 Å². The Bertz CT molecular complexity index is 1510. The molecule has 2 aliphatic carbocycles. The van der Waals surface area contributed by atoms with Crippen LogP contribution in [0.1, 0.15) is 108 Å². The van der Waals surface area contributed by atoms with Gasteiger partial charge in [0.15, 0.2) is 5.78 Å². The van der Waals surface area contributed by atoms with Gasteiger partial charge in [0.05, 0.1) is 17.3 Å². The first-order chi connectivity index (χ1) is 22.6. The summed E-state index contributed by atoms with van der Waals surface area (Å²) in [6.45, 7) is 21.5. The Morgan fingerprint density at radius 2 is 1.29 bits per heavy atom. The molecule has 0 aromatic heterocycles. The van der Waals surface area contributed by atoms with Gasteiger partial charge in [-0.05, 0) is 76.4 Å². The molecule has 1 aliphatic heterocycles. The standard InChI is InChI=1S/C43H60O6/c1-30(19-14-20-32(3)22-16-24-38-39(6,7)27-36(48-34(5)44)28-41(38,10)47)17-12-13-18-31(2)21-15-23-33(4)37(46)29-43-40(8,9)25-35(45)26-42(43,11)49-43/h12-24,35-36,45,47H,25-29H2,1-11H3/t35-,36-,41+,42+,43-/m0/s1. The van der Waals surface area contributed by atoms with Gasteiger partial charge in [0.1, 0.15) is 11.7 Å². The van der Waals surface area contributed by atoms with E-state index in [1.807, 2.05) is 108 Å². The zero-order valence-corrected chi connectivity index (χ0v) is 31.7. The molecule has 6 heteroatoms. The van der Waals surface area contributed by atoms with Gasteiger partial charge in [-0.1, -0.05) is 123 Å². The van der Waals surface area contributed by atoms with Gasteiger partial charge in [-0.15, -0.1) is 0 Å². The number of rotatable bonds is 12. The fourth-order valence-electron chi connectivity index (χ4n) is 7.95. The minimum atomic E-state index is -1.05. The number of hydrogen-bond acceptors (Lipinski definition) is 6. The molecule has 5 atom stereocenters. The van der Waals surface area contributed by atoms with E-state index in [1.54, 1.807) is 6.92 Å². The number of allylic oxidation sites excluding steroid dienone is 17. The monoisotopic (exact) mass is 672 g/mol. The molecule has 0 aromatic carbocycles. The Kier molecular flexibility index (Phi) is 12.9. The summed E-state index contributed by atoms with van der Waals surface area (Å²) in [5, 5.41) is 21.4. The fraction of sp³-hybridized carbons (Fsp3) is 0.535. The highest BCUT2D eigenvalue weighted by atomic mass is 16.6. The highest BCUT2D eigenvalue weighted by Crippen LogP contribution is 2.67. The summed E-state index contributed by atoms with van der Waals surface area (Å²) in [4.78, 5) is 24.5. The minimum Gasteiger partial charge on any atom is -0.462 e. The lowest BCUT2D eigenvalue weighted by Crippen LogP contribution is -2.48. The third-order valence-electron chi connectivity index (χ3n) is 10.4. The van der Waals surface area contributed by atoms with Crippen LogP contribution in [0.4, 0.5) is 0 Å². The summed E-state index contributed by atoms with van der Waals surface area (Å²) in [5.74, 6) is -0.231. The molecule has 2 saturated carbocycles. The molecule has 6 nitrogen and oxygen atoms in total. The summed E-state index contributed by atoms with van der Waals surface area (Å²) < 4.78 is 11.6. The van der Waals surface area contributed by atoms with Crippen molar-refractivity contribution in [1.29, 1.82) is 0 Å². The van der Waals surface area contributed by atoms with Gasteiger partial charge in [0.25, 0.3) is 0 Å². The van der Waals surface area contributed by atoms with Crippen LogP contribution in [0.15, 0.2) is 107 Å². The summed E-state index contributed by atoms with van der Waals surface area (Å²) in [6, 6.07) is 0. The van der Waals surface area contributed by atoms with Crippen LogP contribution >= 0.6 is 0 Å². The van der Waals surface area contributed by atoms with Gasteiger partial charge in [-0.2, -0.15) is 0 Å². The number of carbonyl (C=O) groups excluding carboxylic acids is 2. The Balaban J connectivity index is 1.50. The second-order valence-electron chi connectivity index (χ2n) is 16.1. The van der Waals surface area contributed by atoms with Gasteiger partial charge in [-0.25, -0.2) is 0 Å². The average Bonchev–Trinajstić information content (AvgIpc) is 3.56. The van der Waals surface area contributed by atoms with Gasteiger partial charge in [0.2, 0.25) is 0 Å². The van der Waals surface area contributed by atoms with Crippen molar-refractivity contribution in [3.05, 3.63) is 107 Å². The van der Waals surface area contributed by atoms with Gasteiger partial charge >= 0.3 is 5.97 Å². The Morgan fingerprint density at radius 1 is 0.755 bits per heavy atom. The third kappa shape index (κ3) is 10.3. The molecule has 3 aliphatic rings. The first-order valence-corrected chi connectivity index (χ1v) is 17.6. The maximum atomic E-state index is 13.1. The molecule has 3 rings (SSSR count). The largest absolute Gasteiger partial charge is 0.462 e. The van der Waals surface area contributed by atoms with Crippen molar-refractivity contribution in [2.24, 2.45) is 10.8 Å². The fourth-order valence-corrected chi connectivity index (χ4v) is 7.95. The molecule has 268 valence electrons. The highest BCUT2D eigenvalue weighted by Gasteiger charge is 2.76. The molecule has 3 fully saturated rings. The lowest BCUT2D eigenvalue weighted by molar-refractivity contribution is -0.152. The van der Waals surface area contributed by atoms with Crippen molar-refractivity contribution in [3.63, 3.8) is 0 Å². The van der Waals surface area contributed by atoms with Crippen LogP contribution in [0.25, 0.3) is 0 Å². The molecule has 0 aromatic rings. The summed E-state index contributed by atoms with van der Waals surface area (Å²) in [7, 11) is 0. The maximum absolute atomic E-state index is 13.1. The number of Topliss-reactive ketones (excluding diaryl/α,β-unsaturated/α-hetero) is 1. The minimum absolute atomic E-state index is 0.0843. The van der Waals surface area contributed by atoms with Crippen LogP contribution in [-0.4, -0.2) is 51.0 Å². The van der Waals surface area contributed by atoms with Gasteiger partial charge in [0, 0.05) is 26.2 Å². The molecular weight excluding hydrogens is 612 g/mol. The summed E-state index contributed by atoms with van der Waals surface area (Å²) in [6.07, 6.45) is 27.9. The normalized spacial score (nSPS) is 33.2. The number of esters is 1. The molecule has 1 heterocycles. The van der Waals surface area contributed by atoms with Crippen molar-refractivity contribution in [2.75, 3.05) is 0 Å². The molecule has 1 saturated heterocycles. The third-order valence-corrected chi connectivity index (χ3v) is 10.4. The number of epoxide rings is 1. The van der Waals surface area contributed by atoms with Crippen molar-refractivity contribution >= 4 is 11.8 Å². The Hall–Kier alpha value is -3.32. The molecule has 0 bridgehead atoms. The van der Waals surface area contributed by atoms with Crippen LogP contribution in [0.2, 0.25) is 0 Å². The lowest BCUT2D eigenvalue weighted by Gasteiger charge is -2.45. The summed E-state index contributed by atoms with van der Waals surface area (Å²) in [5.41, 5.74) is 2.35. The molecule has 49 heavy (non-hydrogen) atoms. The molecule has 0 unspecified atom stereocenters. The summed E-state index contributed by atoms with van der Waals surface area (Å²) >= 11 is 0. The van der Waals surface area contributed by atoms with Crippen molar-refractivity contribution in [3.8, 4) is 0 Å². The topological polar surface area (TPSA) is 96.4 Å². The number of carbonyl (C=O) groups is 2. The average molecular weight is 673 g/mol. The van der Waals surface area contributed by atoms with Crippen molar-refractivity contribution < 1.29 is 29.3 Å². The van der Waals surface area contributed by atoms with E-state index in [4.69, 9.17) is 9.47 Å². The Morgan fingerprint density at radius 3 is 1.82 bits per heavy atom. The van der Waals surface area contributed by atoms with E-state index in [0.29, 0.717) is 37.7 Å². The first kappa shape index (κ1) is 40.1. The number of ketones is 1. The molecule has 0 radical (unpaired) electrons. The van der Waals surface area contributed by atoms with E-state index < -0.39 is 16.8 Å². The molecular formula is C43H60O6. The zero-order chi connectivity index (χ0) is 36.8.